The first-order chi connectivity index (χ1) is 9.19. The molecule has 5 heteroatoms. The van der Waals surface area contributed by atoms with Crippen molar-refractivity contribution in [2.45, 2.75) is 39.0 Å². The number of unbranched alkanes of at least 4 members (excludes halogenated alkanes) is 2. The van der Waals surface area contributed by atoms with Gasteiger partial charge in [-0.15, -0.1) is 0 Å². The van der Waals surface area contributed by atoms with E-state index in [4.69, 9.17) is 0 Å². The molecule has 0 spiro atoms. The number of nitrogens with one attached hydrogen (secondary N) is 1. The number of piperazine rings is 1. The molecule has 1 fully saturated rings. The molecular weight excluding hydrogens is 242 g/mol. The van der Waals surface area contributed by atoms with Crippen LogP contribution in [0.25, 0.3) is 0 Å². The fourth-order valence-corrected chi connectivity index (χ4v) is 2.34. The second-order valence-corrected chi connectivity index (χ2v) is 5.03. The van der Waals surface area contributed by atoms with Crippen LogP contribution in [0.15, 0.2) is 0 Å². The lowest BCUT2D eigenvalue weighted by molar-refractivity contribution is -0.139. The van der Waals surface area contributed by atoms with Gasteiger partial charge in [-0.2, -0.15) is 0 Å². The molecular formula is C14H27N3O2. The summed E-state index contributed by atoms with van der Waals surface area (Å²) in [7, 11) is 1.95. The Morgan fingerprint density at radius 1 is 0.947 bits per heavy atom. The molecule has 0 atom stereocenters. The quantitative estimate of drug-likeness (QED) is 0.697. The Morgan fingerprint density at radius 2 is 1.53 bits per heavy atom. The third kappa shape index (κ3) is 5.59. The highest BCUT2D eigenvalue weighted by atomic mass is 16.2. The number of carbonyl (C=O) groups is 2. The molecule has 1 heterocycles. The van der Waals surface area contributed by atoms with E-state index < -0.39 is 0 Å². The van der Waals surface area contributed by atoms with Crippen LogP contribution in [0.2, 0.25) is 0 Å². The molecule has 0 aliphatic carbocycles. The predicted octanol–water partition coefficient (Wildman–Crippen LogP) is 0.847. The van der Waals surface area contributed by atoms with Crippen LogP contribution < -0.4 is 5.32 Å². The topological polar surface area (TPSA) is 52.7 Å². The lowest BCUT2D eigenvalue weighted by atomic mass is 10.1. The lowest BCUT2D eigenvalue weighted by Gasteiger charge is -2.34. The normalized spacial score (nSPS) is 15.7. The number of hydrogen-bond acceptors (Lipinski definition) is 3. The van der Waals surface area contributed by atoms with E-state index in [0.717, 1.165) is 25.8 Å². The summed E-state index contributed by atoms with van der Waals surface area (Å²) in [5, 5.41) is 3.11. The Labute approximate surface area is 116 Å². The molecule has 0 saturated carbocycles. The highest BCUT2D eigenvalue weighted by Crippen LogP contribution is 2.08. The van der Waals surface area contributed by atoms with Crippen molar-refractivity contribution in [3.63, 3.8) is 0 Å². The minimum Gasteiger partial charge on any atom is -0.339 e. The molecule has 5 nitrogen and oxygen atoms in total. The van der Waals surface area contributed by atoms with Crippen molar-refractivity contribution in [3.8, 4) is 0 Å². The summed E-state index contributed by atoms with van der Waals surface area (Å²) in [5.41, 5.74) is 0. The van der Waals surface area contributed by atoms with Gasteiger partial charge in [0.15, 0.2) is 0 Å². The second kappa shape index (κ2) is 8.91. The van der Waals surface area contributed by atoms with Crippen LogP contribution in [0.1, 0.15) is 39.0 Å². The van der Waals surface area contributed by atoms with Gasteiger partial charge in [0.05, 0.1) is 0 Å². The zero-order valence-corrected chi connectivity index (χ0v) is 12.3. The molecule has 1 aliphatic heterocycles. The number of carbonyl (C=O) groups excluding carboxylic acids is 2. The zero-order valence-electron chi connectivity index (χ0n) is 12.3. The van der Waals surface area contributed by atoms with E-state index in [1.807, 2.05) is 23.8 Å². The summed E-state index contributed by atoms with van der Waals surface area (Å²) >= 11 is 0. The molecule has 2 amide bonds. The molecule has 0 bridgehead atoms. The largest absolute Gasteiger partial charge is 0.339 e. The summed E-state index contributed by atoms with van der Waals surface area (Å²) in [6, 6.07) is 0. The van der Waals surface area contributed by atoms with Crippen LogP contribution in [0.3, 0.4) is 0 Å². The predicted molar refractivity (Wildman–Crippen MR) is 75.8 cm³/mol. The molecule has 0 radical (unpaired) electrons. The fraction of sp³-hybridized carbons (Fsp3) is 0.857. The molecule has 1 rings (SSSR count). The SMILES string of the molecule is CCC(=O)N1CCN(C(=O)CCCCCNC)CC1. The first-order valence-electron chi connectivity index (χ1n) is 7.39. The van der Waals surface area contributed by atoms with Gasteiger partial charge in [0.2, 0.25) is 11.8 Å². The monoisotopic (exact) mass is 269 g/mol. The Bertz CT molecular complexity index is 286. The van der Waals surface area contributed by atoms with E-state index in [1.54, 1.807) is 0 Å². The van der Waals surface area contributed by atoms with Gasteiger partial charge in [-0.1, -0.05) is 13.3 Å². The Balaban J connectivity index is 2.16. The third-order valence-electron chi connectivity index (χ3n) is 3.60. The van der Waals surface area contributed by atoms with Crippen molar-refractivity contribution in [3.05, 3.63) is 0 Å². The van der Waals surface area contributed by atoms with E-state index >= 15 is 0 Å². The van der Waals surface area contributed by atoms with Gasteiger partial charge in [-0.05, 0) is 26.4 Å². The minimum atomic E-state index is 0.194. The molecule has 1 aliphatic rings. The molecule has 1 N–H and O–H groups in total. The Morgan fingerprint density at radius 3 is 2.05 bits per heavy atom. The maximum absolute atomic E-state index is 12.0. The van der Waals surface area contributed by atoms with E-state index in [9.17, 15) is 9.59 Å². The molecule has 19 heavy (non-hydrogen) atoms. The summed E-state index contributed by atoms with van der Waals surface area (Å²) in [4.78, 5) is 27.3. The van der Waals surface area contributed by atoms with Crippen molar-refractivity contribution >= 4 is 11.8 Å². The third-order valence-corrected chi connectivity index (χ3v) is 3.60. The molecule has 110 valence electrons. The maximum Gasteiger partial charge on any atom is 0.222 e. The van der Waals surface area contributed by atoms with Crippen molar-refractivity contribution in [1.29, 1.82) is 0 Å². The zero-order chi connectivity index (χ0) is 14.1. The van der Waals surface area contributed by atoms with Gasteiger partial charge < -0.3 is 15.1 Å². The first-order valence-corrected chi connectivity index (χ1v) is 7.39. The molecule has 0 unspecified atom stereocenters. The average molecular weight is 269 g/mol. The van der Waals surface area contributed by atoms with Crippen LogP contribution >= 0.6 is 0 Å². The van der Waals surface area contributed by atoms with Crippen molar-refractivity contribution < 1.29 is 9.59 Å². The first kappa shape index (κ1) is 16.0. The smallest absolute Gasteiger partial charge is 0.222 e. The highest BCUT2D eigenvalue weighted by molar-refractivity contribution is 5.78. The van der Waals surface area contributed by atoms with Gasteiger partial charge in [-0.25, -0.2) is 0 Å². The number of nitrogens with zero attached hydrogens (tertiary/aromatic N) is 2. The van der Waals surface area contributed by atoms with Gasteiger partial charge in [0, 0.05) is 39.0 Å². The standard InChI is InChI=1S/C14H27N3O2/c1-3-13(18)16-9-11-17(12-10-16)14(19)7-5-4-6-8-15-2/h15H,3-12H2,1-2H3. The van der Waals surface area contributed by atoms with Gasteiger partial charge >= 0.3 is 0 Å². The van der Waals surface area contributed by atoms with Crippen molar-refractivity contribution in [1.82, 2.24) is 15.1 Å². The van der Waals surface area contributed by atoms with E-state index in [1.165, 1.54) is 0 Å². The number of amides is 2. The van der Waals surface area contributed by atoms with Gasteiger partial charge in [-0.3, -0.25) is 9.59 Å². The summed E-state index contributed by atoms with van der Waals surface area (Å²) in [5.74, 6) is 0.437. The number of hydrogen-bond donors (Lipinski definition) is 1. The van der Waals surface area contributed by atoms with Gasteiger partial charge in [0.25, 0.3) is 0 Å². The maximum atomic E-state index is 12.0. The van der Waals surface area contributed by atoms with E-state index in [2.05, 4.69) is 5.32 Å². The van der Waals surface area contributed by atoms with Crippen LogP contribution in [0, 0.1) is 0 Å². The second-order valence-electron chi connectivity index (χ2n) is 5.03. The lowest BCUT2D eigenvalue weighted by Crippen LogP contribution is -2.50. The van der Waals surface area contributed by atoms with Crippen LogP contribution in [-0.4, -0.2) is 61.4 Å². The molecule has 0 aromatic heterocycles. The van der Waals surface area contributed by atoms with Crippen LogP contribution in [0.5, 0.6) is 0 Å². The fourth-order valence-electron chi connectivity index (χ4n) is 2.34. The van der Waals surface area contributed by atoms with E-state index in [-0.39, 0.29) is 11.8 Å². The Kier molecular flexibility index (Phi) is 7.48. The molecule has 1 saturated heterocycles. The Hall–Kier alpha value is -1.10. The van der Waals surface area contributed by atoms with Crippen molar-refractivity contribution in [2.75, 3.05) is 39.8 Å². The van der Waals surface area contributed by atoms with E-state index in [0.29, 0.717) is 39.0 Å². The highest BCUT2D eigenvalue weighted by Gasteiger charge is 2.22. The van der Waals surface area contributed by atoms with Crippen molar-refractivity contribution in [2.24, 2.45) is 0 Å². The summed E-state index contributed by atoms with van der Waals surface area (Å²) in [6.07, 6.45) is 4.39. The molecule has 0 aromatic rings. The molecule has 0 aromatic carbocycles. The summed E-state index contributed by atoms with van der Waals surface area (Å²) < 4.78 is 0. The van der Waals surface area contributed by atoms with Crippen LogP contribution in [-0.2, 0) is 9.59 Å². The minimum absolute atomic E-state index is 0.194. The summed E-state index contributed by atoms with van der Waals surface area (Å²) in [6.45, 7) is 5.68. The average Bonchev–Trinajstić information content (AvgIpc) is 2.46. The number of rotatable bonds is 7. The van der Waals surface area contributed by atoms with Gasteiger partial charge in [0.1, 0.15) is 0 Å². The van der Waals surface area contributed by atoms with Crippen LogP contribution in [0.4, 0.5) is 0 Å².